The van der Waals surface area contributed by atoms with Crippen molar-refractivity contribution in [2.75, 3.05) is 0 Å². The molecule has 13 nitrogen and oxygen atoms in total. The Bertz CT molecular complexity index is 934. The minimum absolute atomic E-state index is 0.0260. The molecular weight excluding hydrogens is 476 g/mol. The predicted molar refractivity (Wildman–Crippen MR) is 127 cm³/mol. The Balaban J connectivity index is 2.98. The van der Waals surface area contributed by atoms with Gasteiger partial charge in [0.15, 0.2) is 6.04 Å². The SMILES string of the molecule is CC(C)CC(NC(=O)C(CC(=O)O)NC(=O)C(N)Cc1ccc(O)cc1)C(=O)NC(C(=O)O)C(C)O. The van der Waals surface area contributed by atoms with Gasteiger partial charge in [-0.2, -0.15) is 0 Å². The molecule has 3 amide bonds. The summed E-state index contributed by atoms with van der Waals surface area (Å²) in [6, 6.07) is 0.312. The zero-order chi connectivity index (χ0) is 27.6. The number of aliphatic carboxylic acids is 2. The molecule has 0 bridgehead atoms. The molecule has 200 valence electrons. The van der Waals surface area contributed by atoms with Gasteiger partial charge in [-0.15, -0.1) is 0 Å². The molecule has 1 rings (SSSR count). The molecule has 0 aliphatic heterocycles. The monoisotopic (exact) mass is 510 g/mol. The van der Waals surface area contributed by atoms with E-state index in [0.29, 0.717) is 5.56 Å². The molecule has 1 aromatic rings. The van der Waals surface area contributed by atoms with Crippen LogP contribution in [0.4, 0.5) is 0 Å². The maximum atomic E-state index is 12.9. The average Bonchev–Trinajstić information content (AvgIpc) is 2.76. The van der Waals surface area contributed by atoms with Crippen LogP contribution in [0.15, 0.2) is 24.3 Å². The predicted octanol–water partition coefficient (Wildman–Crippen LogP) is -1.30. The minimum atomic E-state index is -1.63. The summed E-state index contributed by atoms with van der Waals surface area (Å²) in [5, 5.41) is 44.2. The maximum Gasteiger partial charge on any atom is 0.328 e. The smallest absolute Gasteiger partial charge is 0.328 e. The van der Waals surface area contributed by atoms with Gasteiger partial charge < -0.3 is 42.1 Å². The molecule has 0 fully saturated rings. The highest BCUT2D eigenvalue weighted by Gasteiger charge is 2.33. The highest BCUT2D eigenvalue weighted by Crippen LogP contribution is 2.11. The van der Waals surface area contributed by atoms with E-state index in [1.54, 1.807) is 26.0 Å². The lowest BCUT2D eigenvalue weighted by molar-refractivity contribution is -0.145. The molecule has 0 heterocycles. The summed E-state index contributed by atoms with van der Waals surface area (Å²) in [7, 11) is 0. The van der Waals surface area contributed by atoms with Gasteiger partial charge in [0.2, 0.25) is 17.7 Å². The topological polar surface area (TPSA) is 228 Å². The average molecular weight is 511 g/mol. The number of phenols is 1. The molecule has 0 radical (unpaired) electrons. The van der Waals surface area contributed by atoms with E-state index < -0.39 is 66.4 Å². The van der Waals surface area contributed by atoms with Crippen LogP contribution >= 0.6 is 0 Å². The molecule has 0 aliphatic rings. The van der Waals surface area contributed by atoms with Crippen molar-refractivity contribution in [3.8, 4) is 5.75 Å². The number of amides is 3. The molecular formula is C23H34N4O9. The molecule has 0 aliphatic carbocycles. The van der Waals surface area contributed by atoms with Crippen LogP contribution in [0.2, 0.25) is 0 Å². The number of aromatic hydroxyl groups is 1. The van der Waals surface area contributed by atoms with E-state index in [-0.39, 0.29) is 24.5 Å². The van der Waals surface area contributed by atoms with Crippen molar-refractivity contribution >= 4 is 29.7 Å². The van der Waals surface area contributed by atoms with E-state index in [1.807, 2.05) is 0 Å². The first-order valence-electron chi connectivity index (χ1n) is 11.3. The molecule has 0 spiro atoms. The number of rotatable bonds is 14. The molecule has 1 aromatic carbocycles. The van der Waals surface area contributed by atoms with Gasteiger partial charge in [-0.1, -0.05) is 26.0 Å². The third-order valence-electron chi connectivity index (χ3n) is 5.13. The van der Waals surface area contributed by atoms with E-state index in [9.17, 15) is 44.4 Å². The number of hydrogen-bond acceptors (Lipinski definition) is 8. The van der Waals surface area contributed by atoms with Gasteiger partial charge in [0.05, 0.1) is 18.6 Å². The first-order valence-corrected chi connectivity index (χ1v) is 11.3. The fraction of sp³-hybridized carbons (Fsp3) is 0.522. The molecule has 13 heteroatoms. The highest BCUT2D eigenvalue weighted by molar-refractivity contribution is 5.95. The van der Waals surface area contributed by atoms with Crippen molar-refractivity contribution in [1.29, 1.82) is 0 Å². The highest BCUT2D eigenvalue weighted by atomic mass is 16.4. The lowest BCUT2D eigenvalue weighted by Gasteiger charge is -2.26. The van der Waals surface area contributed by atoms with Crippen LogP contribution in [0.1, 0.15) is 39.2 Å². The Hall–Kier alpha value is -3.71. The number of carboxylic acids is 2. The van der Waals surface area contributed by atoms with Gasteiger partial charge in [-0.05, 0) is 43.4 Å². The number of benzene rings is 1. The van der Waals surface area contributed by atoms with E-state index in [4.69, 9.17) is 5.73 Å². The van der Waals surface area contributed by atoms with Crippen LogP contribution < -0.4 is 21.7 Å². The summed E-state index contributed by atoms with van der Waals surface area (Å²) in [4.78, 5) is 60.8. The second kappa shape index (κ2) is 14.0. The first-order chi connectivity index (χ1) is 16.7. The molecule has 5 unspecified atom stereocenters. The second-order valence-electron chi connectivity index (χ2n) is 8.89. The minimum Gasteiger partial charge on any atom is -0.508 e. The third-order valence-corrected chi connectivity index (χ3v) is 5.13. The summed E-state index contributed by atoms with van der Waals surface area (Å²) in [6.45, 7) is 4.66. The molecule has 0 saturated carbocycles. The Morgan fingerprint density at radius 2 is 1.39 bits per heavy atom. The van der Waals surface area contributed by atoms with Gasteiger partial charge in [0.1, 0.15) is 17.8 Å². The van der Waals surface area contributed by atoms with Crippen LogP contribution in [0.5, 0.6) is 5.75 Å². The number of aliphatic hydroxyl groups excluding tert-OH is 1. The number of carboxylic acid groups (broad SMARTS) is 2. The van der Waals surface area contributed by atoms with Gasteiger partial charge in [0, 0.05) is 0 Å². The van der Waals surface area contributed by atoms with Gasteiger partial charge in [-0.3, -0.25) is 19.2 Å². The van der Waals surface area contributed by atoms with Gasteiger partial charge in [-0.25, -0.2) is 4.79 Å². The fourth-order valence-electron chi connectivity index (χ4n) is 3.26. The number of nitrogens with one attached hydrogen (secondary N) is 3. The van der Waals surface area contributed by atoms with Crippen molar-refractivity contribution in [3.63, 3.8) is 0 Å². The van der Waals surface area contributed by atoms with Crippen molar-refractivity contribution in [1.82, 2.24) is 16.0 Å². The van der Waals surface area contributed by atoms with E-state index in [0.717, 1.165) is 0 Å². The first kappa shape index (κ1) is 30.3. The Labute approximate surface area is 208 Å². The van der Waals surface area contributed by atoms with E-state index in [2.05, 4.69) is 16.0 Å². The Morgan fingerprint density at radius 3 is 1.86 bits per heavy atom. The number of nitrogens with two attached hydrogens (primary N) is 1. The zero-order valence-corrected chi connectivity index (χ0v) is 20.3. The summed E-state index contributed by atoms with van der Waals surface area (Å²) in [5.74, 6) is -5.67. The van der Waals surface area contributed by atoms with Crippen LogP contribution in [-0.4, -0.2) is 80.4 Å². The lowest BCUT2D eigenvalue weighted by atomic mass is 10.0. The number of carbonyl (C=O) groups excluding carboxylic acids is 3. The lowest BCUT2D eigenvalue weighted by Crippen LogP contribution is -2.58. The largest absolute Gasteiger partial charge is 0.508 e. The van der Waals surface area contributed by atoms with Crippen molar-refractivity contribution < 1.29 is 44.4 Å². The number of carbonyl (C=O) groups is 5. The molecule has 0 aromatic heterocycles. The second-order valence-corrected chi connectivity index (χ2v) is 8.89. The van der Waals surface area contributed by atoms with E-state index in [1.165, 1.54) is 19.1 Å². The summed E-state index contributed by atoms with van der Waals surface area (Å²) >= 11 is 0. The number of hydrogen-bond donors (Lipinski definition) is 8. The molecule has 9 N–H and O–H groups in total. The summed E-state index contributed by atoms with van der Waals surface area (Å²) in [6.07, 6.45) is -2.11. The van der Waals surface area contributed by atoms with Crippen LogP contribution in [-0.2, 0) is 30.4 Å². The van der Waals surface area contributed by atoms with Crippen LogP contribution in [0.25, 0.3) is 0 Å². The summed E-state index contributed by atoms with van der Waals surface area (Å²) in [5.41, 5.74) is 6.52. The quantitative estimate of drug-likeness (QED) is 0.147. The van der Waals surface area contributed by atoms with Crippen LogP contribution in [0, 0.1) is 5.92 Å². The molecule has 0 saturated heterocycles. The summed E-state index contributed by atoms with van der Waals surface area (Å²) < 4.78 is 0. The molecule has 5 atom stereocenters. The number of aliphatic hydroxyl groups is 1. The fourth-order valence-corrected chi connectivity index (χ4v) is 3.26. The van der Waals surface area contributed by atoms with Crippen molar-refractivity contribution in [2.24, 2.45) is 11.7 Å². The third kappa shape index (κ3) is 10.3. The Kier molecular flexibility index (Phi) is 11.8. The standard InChI is InChI=1S/C23H34N4O9/c1-11(2)8-16(22(34)27-19(12(3)28)23(35)36)26-21(33)17(10-18(30)31)25-20(32)15(24)9-13-4-6-14(29)7-5-13/h4-7,11-12,15-17,19,28-29H,8-10,24H2,1-3H3,(H,25,32)(H,26,33)(H,27,34)(H,30,31)(H,35,36). The van der Waals surface area contributed by atoms with Gasteiger partial charge >= 0.3 is 11.9 Å². The van der Waals surface area contributed by atoms with Crippen LogP contribution in [0.3, 0.4) is 0 Å². The number of phenolic OH excluding ortho intramolecular Hbond substituents is 1. The normalized spacial score (nSPS) is 15.2. The van der Waals surface area contributed by atoms with Crippen molar-refractivity contribution in [3.05, 3.63) is 29.8 Å². The maximum absolute atomic E-state index is 12.9. The van der Waals surface area contributed by atoms with E-state index >= 15 is 0 Å². The molecule has 36 heavy (non-hydrogen) atoms. The van der Waals surface area contributed by atoms with Crippen molar-refractivity contribution in [2.45, 2.75) is 70.3 Å². The van der Waals surface area contributed by atoms with Gasteiger partial charge in [0.25, 0.3) is 0 Å². The Morgan fingerprint density at radius 1 is 0.861 bits per heavy atom. The zero-order valence-electron chi connectivity index (χ0n) is 20.3.